The zero-order valence-corrected chi connectivity index (χ0v) is 10.7. The van der Waals surface area contributed by atoms with Gasteiger partial charge in [-0.2, -0.15) is 0 Å². The molecule has 1 amide bonds. The molecule has 3 N–H and O–H groups in total. The van der Waals surface area contributed by atoms with E-state index in [-0.39, 0.29) is 18.3 Å². The number of aryl methyl sites for hydroxylation is 1. The number of hydrogen-bond donors (Lipinski definition) is 2. The first-order valence-electron chi connectivity index (χ1n) is 5.07. The fourth-order valence-corrected chi connectivity index (χ4v) is 2.04. The normalized spacial score (nSPS) is 16.4. The molecule has 0 saturated heterocycles. The highest BCUT2D eigenvalue weighted by Crippen LogP contribution is 2.33. The minimum atomic E-state index is -0.642. The lowest BCUT2D eigenvalue weighted by Gasteiger charge is -2.05. The van der Waals surface area contributed by atoms with Crippen LogP contribution in [0.5, 0.6) is 0 Å². The molecule has 1 fully saturated rings. The van der Waals surface area contributed by atoms with Gasteiger partial charge in [-0.3, -0.25) is 10.1 Å². The van der Waals surface area contributed by atoms with Crippen molar-refractivity contribution >= 4 is 34.8 Å². The van der Waals surface area contributed by atoms with Crippen LogP contribution in [0.3, 0.4) is 0 Å². The lowest BCUT2D eigenvalue weighted by atomic mass is 10.3. The molecule has 0 radical (unpaired) electrons. The molecular weight excluding hydrogens is 248 g/mol. The Morgan fingerprint density at radius 2 is 2.25 bits per heavy atom. The van der Waals surface area contributed by atoms with E-state index >= 15 is 0 Å². The second kappa shape index (κ2) is 5.07. The SMILES string of the molecule is CCCc1nnc(NC(=O)C2(N)CC2)s1.Cl. The molecule has 0 bridgehead atoms. The zero-order chi connectivity index (χ0) is 10.9. The van der Waals surface area contributed by atoms with E-state index < -0.39 is 5.54 Å². The number of anilines is 1. The van der Waals surface area contributed by atoms with Crippen molar-refractivity contribution in [2.75, 3.05) is 5.32 Å². The fraction of sp³-hybridized carbons (Fsp3) is 0.667. The average molecular weight is 263 g/mol. The van der Waals surface area contributed by atoms with Crippen LogP contribution >= 0.6 is 23.7 Å². The molecule has 2 rings (SSSR count). The third-order valence-corrected chi connectivity index (χ3v) is 3.29. The molecule has 0 aromatic carbocycles. The van der Waals surface area contributed by atoms with Crippen LogP contribution in [0, 0.1) is 0 Å². The fourth-order valence-electron chi connectivity index (χ4n) is 1.20. The van der Waals surface area contributed by atoms with Gasteiger partial charge in [-0.15, -0.1) is 22.6 Å². The molecule has 1 aliphatic rings. The number of nitrogens with zero attached hydrogens (tertiary/aromatic N) is 2. The molecular formula is C9H15ClN4OS. The standard InChI is InChI=1S/C9H14N4OS.ClH/c1-2-3-6-12-13-8(15-6)11-7(14)9(10)4-5-9;/h2-5,10H2,1H3,(H,11,13,14);1H. The molecule has 0 aliphatic heterocycles. The number of nitrogens with one attached hydrogen (secondary N) is 1. The Morgan fingerprint density at radius 3 is 2.81 bits per heavy atom. The maximum atomic E-state index is 11.6. The molecule has 0 atom stereocenters. The van der Waals surface area contributed by atoms with Gasteiger partial charge in [0.25, 0.3) is 0 Å². The number of carbonyl (C=O) groups excluding carboxylic acids is 1. The van der Waals surface area contributed by atoms with Gasteiger partial charge in [0, 0.05) is 6.42 Å². The van der Waals surface area contributed by atoms with Crippen LogP contribution in [-0.4, -0.2) is 21.6 Å². The number of carbonyl (C=O) groups is 1. The third-order valence-electron chi connectivity index (χ3n) is 2.39. The van der Waals surface area contributed by atoms with Crippen LogP contribution < -0.4 is 11.1 Å². The van der Waals surface area contributed by atoms with Gasteiger partial charge in [0.1, 0.15) is 5.01 Å². The number of aromatic nitrogens is 2. The lowest BCUT2D eigenvalue weighted by molar-refractivity contribution is -0.118. The number of hydrogen-bond acceptors (Lipinski definition) is 5. The summed E-state index contributed by atoms with van der Waals surface area (Å²) in [5, 5.41) is 12.1. The monoisotopic (exact) mass is 262 g/mol. The maximum absolute atomic E-state index is 11.6. The Kier molecular flexibility index (Phi) is 4.23. The molecule has 1 aromatic heterocycles. The van der Waals surface area contributed by atoms with Crippen molar-refractivity contribution in [2.24, 2.45) is 5.73 Å². The summed E-state index contributed by atoms with van der Waals surface area (Å²) in [4.78, 5) is 11.6. The second-order valence-electron chi connectivity index (χ2n) is 3.86. The minimum Gasteiger partial charge on any atom is -0.317 e. The predicted molar refractivity (Wildman–Crippen MR) is 65.9 cm³/mol. The van der Waals surface area contributed by atoms with Crippen molar-refractivity contribution in [1.82, 2.24) is 10.2 Å². The largest absolute Gasteiger partial charge is 0.317 e. The Labute approximate surface area is 104 Å². The molecule has 0 spiro atoms. The molecule has 1 saturated carbocycles. The van der Waals surface area contributed by atoms with Gasteiger partial charge in [0.2, 0.25) is 11.0 Å². The van der Waals surface area contributed by atoms with Crippen LogP contribution in [0.25, 0.3) is 0 Å². The molecule has 5 nitrogen and oxygen atoms in total. The Balaban J connectivity index is 0.00000128. The van der Waals surface area contributed by atoms with Crippen LogP contribution in [0.15, 0.2) is 0 Å². The number of halogens is 1. The Morgan fingerprint density at radius 1 is 1.56 bits per heavy atom. The van der Waals surface area contributed by atoms with E-state index in [9.17, 15) is 4.79 Å². The van der Waals surface area contributed by atoms with E-state index in [4.69, 9.17) is 5.73 Å². The van der Waals surface area contributed by atoms with Crippen molar-refractivity contribution in [1.29, 1.82) is 0 Å². The van der Waals surface area contributed by atoms with E-state index in [1.165, 1.54) is 11.3 Å². The van der Waals surface area contributed by atoms with Crippen molar-refractivity contribution in [2.45, 2.75) is 38.1 Å². The van der Waals surface area contributed by atoms with Gasteiger partial charge < -0.3 is 5.73 Å². The quantitative estimate of drug-likeness (QED) is 0.858. The number of rotatable bonds is 4. The molecule has 1 aliphatic carbocycles. The summed E-state index contributed by atoms with van der Waals surface area (Å²) < 4.78 is 0. The molecule has 90 valence electrons. The summed E-state index contributed by atoms with van der Waals surface area (Å²) in [7, 11) is 0. The predicted octanol–water partition coefficient (Wildman–Crippen LogP) is 1.34. The first-order chi connectivity index (χ1) is 7.14. The molecule has 16 heavy (non-hydrogen) atoms. The van der Waals surface area contributed by atoms with Gasteiger partial charge in [0.15, 0.2) is 0 Å². The van der Waals surface area contributed by atoms with Crippen molar-refractivity contribution in [3.8, 4) is 0 Å². The van der Waals surface area contributed by atoms with Crippen LogP contribution in [0.2, 0.25) is 0 Å². The molecule has 1 heterocycles. The molecule has 0 unspecified atom stereocenters. The summed E-state index contributed by atoms with van der Waals surface area (Å²) in [5.41, 5.74) is 5.11. The lowest BCUT2D eigenvalue weighted by Crippen LogP contribution is -2.37. The number of amides is 1. The van der Waals surface area contributed by atoms with Gasteiger partial charge in [0.05, 0.1) is 5.54 Å². The maximum Gasteiger partial charge on any atom is 0.246 e. The van der Waals surface area contributed by atoms with E-state index in [2.05, 4.69) is 22.4 Å². The van der Waals surface area contributed by atoms with Crippen LogP contribution in [-0.2, 0) is 11.2 Å². The van der Waals surface area contributed by atoms with Crippen molar-refractivity contribution in [3.05, 3.63) is 5.01 Å². The van der Waals surface area contributed by atoms with Gasteiger partial charge >= 0.3 is 0 Å². The van der Waals surface area contributed by atoms with Gasteiger partial charge in [-0.05, 0) is 19.3 Å². The van der Waals surface area contributed by atoms with Gasteiger partial charge in [-0.1, -0.05) is 18.3 Å². The summed E-state index contributed by atoms with van der Waals surface area (Å²) in [6, 6.07) is 0. The summed E-state index contributed by atoms with van der Waals surface area (Å²) in [6.07, 6.45) is 3.46. The topological polar surface area (TPSA) is 80.9 Å². The summed E-state index contributed by atoms with van der Waals surface area (Å²) >= 11 is 1.42. The zero-order valence-electron chi connectivity index (χ0n) is 9.02. The minimum absolute atomic E-state index is 0. The van der Waals surface area contributed by atoms with E-state index in [1.54, 1.807) is 0 Å². The van der Waals surface area contributed by atoms with Gasteiger partial charge in [-0.25, -0.2) is 0 Å². The molecule has 1 aromatic rings. The van der Waals surface area contributed by atoms with E-state index in [0.29, 0.717) is 5.13 Å². The highest BCUT2D eigenvalue weighted by molar-refractivity contribution is 7.15. The van der Waals surface area contributed by atoms with Crippen molar-refractivity contribution < 1.29 is 4.79 Å². The van der Waals surface area contributed by atoms with Crippen LogP contribution in [0.1, 0.15) is 31.2 Å². The summed E-state index contributed by atoms with van der Waals surface area (Å²) in [6.45, 7) is 2.08. The Hall–Kier alpha value is -0.720. The first kappa shape index (κ1) is 13.3. The van der Waals surface area contributed by atoms with E-state index in [1.807, 2.05) is 0 Å². The molecule has 7 heteroatoms. The average Bonchev–Trinajstić information content (AvgIpc) is 2.79. The highest BCUT2D eigenvalue weighted by atomic mass is 35.5. The summed E-state index contributed by atoms with van der Waals surface area (Å²) in [5.74, 6) is -0.137. The highest BCUT2D eigenvalue weighted by Gasteiger charge is 2.46. The number of nitrogens with two attached hydrogens (primary N) is 1. The van der Waals surface area contributed by atoms with Crippen LogP contribution in [0.4, 0.5) is 5.13 Å². The van der Waals surface area contributed by atoms with E-state index in [0.717, 1.165) is 30.7 Å². The first-order valence-corrected chi connectivity index (χ1v) is 5.88. The smallest absolute Gasteiger partial charge is 0.246 e. The van der Waals surface area contributed by atoms with Crippen molar-refractivity contribution in [3.63, 3.8) is 0 Å². The second-order valence-corrected chi connectivity index (χ2v) is 4.92. The third kappa shape index (κ3) is 2.90. The Bertz CT molecular complexity index is 377.